The summed E-state index contributed by atoms with van der Waals surface area (Å²) in [6.07, 6.45) is 2.64. The van der Waals surface area contributed by atoms with Crippen LogP contribution in [0.4, 0.5) is 0 Å². The Kier molecular flexibility index (Phi) is 7.15. The molecule has 7 heteroatoms. The van der Waals surface area contributed by atoms with E-state index in [1.54, 1.807) is 11.3 Å². The zero-order chi connectivity index (χ0) is 14.7. The lowest BCUT2D eigenvalue weighted by Crippen LogP contribution is -2.49. The van der Waals surface area contributed by atoms with Crippen molar-refractivity contribution < 1.29 is 4.79 Å². The molecule has 0 aliphatic carbocycles. The molecule has 1 atom stereocenters. The van der Waals surface area contributed by atoms with E-state index in [0.29, 0.717) is 18.4 Å². The van der Waals surface area contributed by atoms with Gasteiger partial charge in [0.15, 0.2) is 0 Å². The zero-order valence-corrected chi connectivity index (χ0v) is 15.8. The summed E-state index contributed by atoms with van der Waals surface area (Å²) in [5, 5.41) is 5.47. The molecule has 3 heterocycles. The quantitative estimate of drug-likeness (QED) is 0.831. The molecule has 1 amide bonds. The summed E-state index contributed by atoms with van der Waals surface area (Å²) >= 11 is 5.19. The van der Waals surface area contributed by atoms with Crippen LogP contribution in [0.25, 0.3) is 0 Å². The molecule has 4 nitrogen and oxygen atoms in total. The fourth-order valence-corrected chi connectivity index (χ4v) is 4.64. The van der Waals surface area contributed by atoms with E-state index in [1.165, 1.54) is 4.88 Å². The van der Waals surface area contributed by atoms with Crippen LogP contribution in [-0.2, 0) is 11.2 Å². The molecule has 0 radical (unpaired) electrons. The first-order chi connectivity index (χ1) is 10.2. The van der Waals surface area contributed by atoms with Crippen LogP contribution in [0.5, 0.6) is 0 Å². The number of piperazine rings is 1. The average Bonchev–Trinajstić information content (AvgIpc) is 3.15. The van der Waals surface area contributed by atoms with Gasteiger partial charge in [0.05, 0.1) is 0 Å². The SMILES string of the molecule is Cl.O=C(CCc1cc(Br)cs1)N1CCC(N2CCNCC2)C1. The van der Waals surface area contributed by atoms with Crippen LogP contribution in [0, 0.1) is 0 Å². The summed E-state index contributed by atoms with van der Waals surface area (Å²) in [4.78, 5) is 18.2. The summed E-state index contributed by atoms with van der Waals surface area (Å²) in [7, 11) is 0. The molecular weight excluding hydrogens is 386 g/mol. The Morgan fingerprint density at radius 2 is 2.14 bits per heavy atom. The van der Waals surface area contributed by atoms with E-state index in [4.69, 9.17) is 0 Å². The van der Waals surface area contributed by atoms with Gasteiger partial charge in [-0.25, -0.2) is 0 Å². The summed E-state index contributed by atoms with van der Waals surface area (Å²) in [6, 6.07) is 2.69. The third kappa shape index (κ3) is 4.68. The van der Waals surface area contributed by atoms with Gasteiger partial charge in [0.1, 0.15) is 0 Å². The normalized spacial score (nSPS) is 22.6. The molecule has 1 aromatic heterocycles. The fraction of sp³-hybridized carbons (Fsp3) is 0.667. The van der Waals surface area contributed by atoms with Gasteiger partial charge in [-0.1, -0.05) is 0 Å². The second-order valence-corrected chi connectivity index (χ2v) is 7.71. The highest BCUT2D eigenvalue weighted by Crippen LogP contribution is 2.22. The van der Waals surface area contributed by atoms with Crippen LogP contribution in [0.1, 0.15) is 17.7 Å². The molecule has 0 saturated carbocycles. The van der Waals surface area contributed by atoms with Gasteiger partial charge in [-0.15, -0.1) is 23.7 Å². The number of amides is 1. The van der Waals surface area contributed by atoms with Gasteiger partial charge in [-0.2, -0.15) is 0 Å². The molecule has 3 rings (SSSR count). The van der Waals surface area contributed by atoms with Gasteiger partial charge < -0.3 is 10.2 Å². The fourth-order valence-electron chi connectivity index (χ4n) is 3.19. The second-order valence-electron chi connectivity index (χ2n) is 5.80. The van der Waals surface area contributed by atoms with Crippen molar-refractivity contribution in [2.45, 2.75) is 25.3 Å². The van der Waals surface area contributed by atoms with Gasteiger partial charge in [0, 0.05) is 66.5 Å². The monoisotopic (exact) mass is 407 g/mol. The van der Waals surface area contributed by atoms with E-state index in [1.807, 2.05) is 0 Å². The maximum Gasteiger partial charge on any atom is 0.222 e. The minimum Gasteiger partial charge on any atom is -0.341 e. The van der Waals surface area contributed by atoms with E-state index in [-0.39, 0.29) is 12.4 Å². The van der Waals surface area contributed by atoms with E-state index in [9.17, 15) is 4.79 Å². The van der Waals surface area contributed by atoms with E-state index >= 15 is 0 Å². The standard InChI is InChI=1S/C15H22BrN3OS.ClH/c16-12-9-14(21-11-12)1-2-15(20)19-6-3-13(10-19)18-7-4-17-5-8-18;/h9,11,13,17H,1-8,10H2;1H. The van der Waals surface area contributed by atoms with Gasteiger partial charge in [-0.3, -0.25) is 9.69 Å². The van der Waals surface area contributed by atoms with Crippen LogP contribution in [-0.4, -0.2) is 61.0 Å². The first kappa shape index (κ1) is 18.2. The molecule has 1 unspecified atom stereocenters. The zero-order valence-electron chi connectivity index (χ0n) is 12.6. The molecule has 0 bridgehead atoms. The second kappa shape index (κ2) is 8.64. The summed E-state index contributed by atoms with van der Waals surface area (Å²) < 4.78 is 1.12. The van der Waals surface area contributed by atoms with Crippen LogP contribution in [0.3, 0.4) is 0 Å². The van der Waals surface area contributed by atoms with Crippen molar-refractivity contribution >= 4 is 45.6 Å². The van der Waals surface area contributed by atoms with Crippen molar-refractivity contribution in [3.8, 4) is 0 Å². The Hall–Kier alpha value is -0.140. The predicted octanol–water partition coefficient (Wildman–Crippen LogP) is 2.37. The number of aryl methyl sites for hydroxylation is 1. The first-order valence-electron chi connectivity index (χ1n) is 7.68. The number of halogens is 2. The number of rotatable bonds is 4. The van der Waals surface area contributed by atoms with Gasteiger partial charge in [0.25, 0.3) is 0 Å². The Balaban J connectivity index is 0.00000176. The number of nitrogens with zero attached hydrogens (tertiary/aromatic N) is 2. The minimum atomic E-state index is 0. The van der Waals surface area contributed by atoms with Crippen molar-refractivity contribution in [3.63, 3.8) is 0 Å². The van der Waals surface area contributed by atoms with Gasteiger partial charge in [-0.05, 0) is 34.8 Å². The topological polar surface area (TPSA) is 35.6 Å². The van der Waals surface area contributed by atoms with E-state index in [2.05, 4.69) is 42.5 Å². The molecule has 1 N–H and O–H groups in total. The van der Waals surface area contributed by atoms with Crippen molar-refractivity contribution in [1.29, 1.82) is 0 Å². The lowest BCUT2D eigenvalue weighted by atomic mass is 10.2. The predicted molar refractivity (Wildman–Crippen MR) is 97.0 cm³/mol. The molecule has 2 fully saturated rings. The summed E-state index contributed by atoms with van der Waals surface area (Å²) in [5.74, 6) is 0.317. The molecule has 22 heavy (non-hydrogen) atoms. The Bertz CT molecular complexity index is 493. The van der Waals surface area contributed by atoms with Gasteiger partial charge in [0.2, 0.25) is 5.91 Å². The lowest BCUT2D eigenvalue weighted by Gasteiger charge is -2.32. The van der Waals surface area contributed by atoms with Crippen LogP contribution < -0.4 is 5.32 Å². The Morgan fingerprint density at radius 3 is 2.82 bits per heavy atom. The number of thiophene rings is 1. The molecular formula is C15H23BrClN3OS. The first-order valence-corrected chi connectivity index (χ1v) is 9.35. The van der Waals surface area contributed by atoms with E-state index in [0.717, 1.165) is 56.6 Å². The summed E-state index contributed by atoms with van der Waals surface area (Å²) in [5.41, 5.74) is 0. The average molecular weight is 409 g/mol. The van der Waals surface area contributed by atoms with Crippen LogP contribution >= 0.6 is 39.7 Å². The third-order valence-electron chi connectivity index (χ3n) is 4.39. The number of hydrogen-bond donors (Lipinski definition) is 1. The number of carbonyl (C=O) groups is 1. The largest absolute Gasteiger partial charge is 0.341 e. The molecule has 2 aliphatic heterocycles. The maximum absolute atomic E-state index is 12.3. The highest BCUT2D eigenvalue weighted by Gasteiger charge is 2.30. The van der Waals surface area contributed by atoms with Crippen LogP contribution in [0.2, 0.25) is 0 Å². The Labute approximate surface area is 150 Å². The number of likely N-dealkylation sites (tertiary alicyclic amines) is 1. The molecule has 2 saturated heterocycles. The van der Waals surface area contributed by atoms with Gasteiger partial charge >= 0.3 is 0 Å². The maximum atomic E-state index is 12.3. The lowest BCUT2D eigenvalue weighted by molar-refractivity contribution is -0.130. The minimum absolute atomic E-state index is 0. The molecule has 2 aliphatic rings. The summed E-state index contributed by atoms with van der Waals surface area (Å²) in [6.45, 7) is 6.26. The smallest absolute Gasteiger partial charge is 0.222 e. The van der Waals surface area contributed by atoms with Crippen LogP contribution in [0.15, 0.2) is 15.9 Å². The highest BCUT2D eigenvalue weighted by molar-refractivity contribution is 9.10. The number of nitrogens with one attached hydrogen (secondary N) is 1. The Morgan fingerprint density at radius 1 is 1.36 bits per heavy atom. The van der Waals surface area contributed by atoms with Crippen molar-refractivity contribution in [2.75, 3.05) is 39.3 Å². The number of carbonyl (C=O) groups excluding carboxylic acids is 1. The van der Waals surface area contributed by atoms with Crippen molar-refractivity contribution in [2.24, 2.45) is 0 Å². The molecule has 0 spiro atoms. The third-order valence-corrected chi connectivity index (χ3v) is 6.15. The number of hydrogen-bond acceptors (Lipinski definition) is 4. The van der Waals surface area contributed by atoms with Crippen molar-refractivity contribution in [1.82, 2.24) is 15.1 Å². The van der Waals surface area contributed by atoms with E-state index < -0.39 is 0 Å². The highest BCUT2D eigenvalue weighted by atomic mass is 79.9. The molecule has 1 aromatic rings. The molecule has 0 aromatic carbocycles. The van der Waals surface area contributed by atoms with Crippen molar-refractivity contribution in [3.05, 3.63) is 20.8 Å². The molecule has 124 valence electrons.